The van der Waals surface area contributed by atoms with Gasteiger partial charge < -0.3 is 14.8 Å². The van der Waals surface area contributed by atoms with Gasteiger partial charge in [0.2, 0.25) is 10.0 Å². The minimum atomic E-state index is -3.30. The van der Waals surface area contributed by atoms with Crippen molar-refractivity contribution in [3.8, 4) is 11.5 Å². The summed E-state index contributed by atoms with van der Waals surface area (Å²) in [7, 11) is -1.79. The summed E-state index contributed by atoms with van der Waals surface area (Å²) in [6, 6.07) is 8.05. The molecule has 0 spiro atoms. The lowest BCUT2D eigenvalue weighted by Crippen LogP contribution is -2.43. The minimum Gasteiger partial charge on any atom is -0.493 e. The van der Waals surface area contributed by atoms with Crippen LogP contribution >= 0.6 is 11.6 Å². The van der Waals surface area contributed by atoms with Gasteiger partial charge in [0.15, 0.2) is 17.3 Å². The topological polar surface area (TPSA) is 93.7 Å². The lowest BCUT2D eigenvalue weighted by molar-refractivity contribution is 0.126. The summed E-state index contributed by atoms with van der Waals surface area (Å²) < 4.78 is 51.3. The van der Waals surface area contributed by atoms with Gasteiger partial charge in [0.05, 0.1) is 36.1 Å². The van der Waals surface area contributed by atoms with Crippen molar-refractivity contribution >= 4 is 44.0 Å². The molecule has 2 heterocycles. The van der Waals surface area contributed by atoms with Crippen LogP contribution in [-0.2, 0) is 10.0 Å². The maximum atomic E-state index is 14.4. The molecular formula is C21H22ClFN4O4S. The van der Waals surface area contributed by atoms with Crippen LogP contribution in [0.15, 0.2) is 36.7 Å². The highest BCUT2D eigenvalue weighted by Crippen LogP contribution is 2.36. The molecule has 8 nitrogen and oxygen atoms in total. The molecule has 170 valence electrons. The third-order valence-electron chi connectivity index (χ3n) is 5.23. The van der Waals surface area contributed by atoms with Gasteiger partial charge in [-0.1, -0.05) is 17.7 Å². The second-order valence-electron chi connectivity index (χ2n) is 7.47. The van der Waals surface area contributed by atoms with Crippen molar-refractivity contribution in [2.45, 2.75) is 18.9 Å². The van der Waals surface area contributed by atoms with E-state index in [0.717, 1.165) is 0 Å². The quantitative estimate of drug-likeness (QED) is 0.570. The molecule has 3 aromatic rings. The Labute approximate surface area is 190 Å². The summed E-state index contributed by atoms with van der Waals surface area (Å²) in [6.45, 7) is 0.727. The largest absolute Gasteiger partial charge is 0.493 e. The van der Waals surface area contributed by atoms with E-state index in [9.17, 15) is 12.8 Å². The molecule has 0 saturated carbocycles. The predicted molar refractivity (Wildman–Crippen MR) is 121 cm³/mol. The average molecular weight is 481 g/mol. The van der Waals surface area contributed by atoms with Crippen molar-refractivity contribution in [1.29, 1.82) is 0 Å². The van der Waals surface area contributed by atoms with Crippen LogP contribution in [0.5, 0.6) is 11.5 Å². The first-order chi connectivity index (χ1) is 15.3. The number of fused-ring (bicyclic) bond motifs is 1. The smallest absolute Gasteiger partial charge is 0.211 e. The molecular weight excluding hydrogens is 459 g/mol. The van der Waals surface area contributed by atoms with Crippen LogP contribution in [0.3, 0.4) is 0 Å². The van der Waals surface area contributed by atoms with Crippen molar-refractivity contribution in [1.82, 2.24) is 14.3 Å². The van der Waals surface area contributed by atoms with Gasteiger partial charge >= 0.3 is 0 Å². The Balaban J connectivity index is 1.69. The number of hydrogen-bond acceptors (Lipinski definition) is 7. The summed E-state index contributed by atoms with van der Waals surface area (Å²) in [5, 5.41) is 3.53. The molecule has 0 bridgehead atoms. The van der Waals surface area contributed by atoms with Crippen molar-refractivity contribution < 1.29 is 22.3 Å². The lowest BCUT2D eigenvalue weighted by atomic mass is 10.1. The normalized spacial score (nSPS) is 17.3. The van der Waals surface area contributed by atoms with Crippen LogP contribution in [0.25, 0.3) is 10.9 Å². The Morgan fingerprint density at radius 3 is 2.81 bits per heavy atom. The van der Waals surface area contributed by atoms with Gasteiger partial charge in [-0.15, -0.1) is 0 Å². The summed E-state index contributed by atoms with van der Waals surface area (Å²) in [6.07, 6.45) is 3.61. The third-order valence-corrected chi connectivity index (χ3v) is 6.79. The number of nitrogens with zero attached hydrogens (tertiary/aromatic N) is 3. The van der Waals surface area contributed by atoms with Crippen LogP contribution in [0, 0.1) is 5.82 Å². The molecule has 2 aromatic carbocycles. The monoisotopic (exact) mass is 480 g/mol. The van der Waals surface area contributed by atoms with Gasteiger partial charge in [-0.05, 0) is 31.0 Å². The fourth-order valence-electron chi connectivity index (χ4n) is 3.63. The number of hydrogen-bond donors (Lipinski definition) is 1. The molecule has 0 radical (unpaired) electrons. The number of piperidine rings is 1. The molecule has 1 aliphatic rings. The summed E-state index contributed by atoms with van der Waals surface area (Å²) in [5.74, 6) is 0.649. The molecule has 4 rings (SSSR count). The lowest BCUT2D eigenvalue weighted by Gasteiger charge is -2.31. The Morgan fingerprint density at radius 1 is 1.25 bits per heavy atom. The first-order valence-electron chi connectivity index (χ1n) is 9.92. The molecule has 32 heavy (non-hydrogen) atoms. The maximum Gasteiger partial charge on any atom is 0.211 e. The number of anilines is 2. The number of benzene rings is 2. The summed E-state index contributed by atoms with van der Waals surface area (Å²) in [4.78, 5) is 8.52. The fourth-order valence-corrected chi connectivity index (χ4v) is 4.70. The van der Waals surface area contributed by atoms with E-state index in [1.54, 1.807) is 24.3 Å². The van der Waals surface area contributed by atoms with Crippen LogP contribution in [0.2, 0.25) is 5.02 Å². The van der Waals surface area contributed by atoms with Crippen molar-refractivity contribution in [3.05, 3.63) is 47.5 Å². The Kier molecular flexibility index (Phi) is 6.36. The van der Waals surface area contributed by atoms with Gasteiger partial charge in [-0.25, -0.2) is 22.8 Å². The van der Waals surface area contributed by atoms with Gasteiger partial charge in [-0.2, -0.15) is 4.31 Å². The highest BCUT2D eigenvalue weighted by atomic mass is 35.5. The second kappa shape index (κ2) is 9.05. The zero-order valence-electron chi connectivity index (χ0n) is 17.5. The van der Waals surface area contributed by atoms with Crippen LogP contribution in [-0.4, -0.2) is 55.3 Å². The van der Waals surface area contributed by atoms with E-state index in [-0.39, 0.29) is 23.4 Å². The van der Waals surface area contributed by atoms with E-state index >= 15 is 0 Å². The molecule has 1 N–H and O–H groups in total. The molecule has 1 fully saturated rings. The predicted octanol–water partition coefficient (Wildman–Crippen LogP) is 3.98. The van der Waals surface area contributed by atoms with E-state index < -0.39 is 15.8 Å². The standard InChI is InChI=1S/C21H22ClFN4O4S/c1-30-18-10-17-14(9-19(18)31-13-5-4-8-27(11-13)32(2,28)29)21(25-12-24-17)26-16-7-3-6-15(22)20(16)23/h3,6-7,9-10,12-13H,4-5,8,11H2,1-2H3,(H,24,25,26)/t13-/m1/s1. The van der Waals surface area contributed by atoms with E-state index in [4.69, 9.17) is 21.1 Å². The molecule has 1 atom stereocenters. The highest BCUT2D eigenvalue weighted by molar-refractivity contribution is 7.88. The Hall–Kier alpha value is -2.69. The molecule has 1 aliphatic heterocycles. The number of halogens is 2. The molecule has 1 aromatic heterocycles. The van der Waals surface area contributed by atoms with Gasteiger partial charge in [-0.3, -0.25) is 0 Å². The van der Waals surface area contributed by atoms with Crippen molar-refractivity contribution in [3.63, 3.8) is 0 Å². The Morgan fingerprint density at radius 2 is 2.06 bits per heavy atom. The Bertz CT molecular complexity index is 1260. The van der Waals surface area contributed by atoms with Crippen LogP contribution in [0.4, 0.5) is 15.9 Å². The van der Waals surface area contributed by atoms with E-state index in [0.29, 0.717) is 47.6 Å². The number of methoxy groups -OCH3 is 1. The van der Waals surface area contributed by atoms with Gasteiger partial charge in [0.1, 0.15) is 18.2 Å². The number of aromatic nitrogens is 2. The second-order valence-corrected chi connectivity index (χ2v) is 9.86. The highest BCUT2D eigenvalue weighted by Gasteiger charge is 2.28. The molecule has 1 saturated heterocycles. The number of nitrogens with one attached hydrogen (secondary N) is 1. The molecule has 0 aliphatic carbocycles. The number of ether oxygens (including phenoxy) is 2. The maximum absolute atomic E-state index is 14.4. The average Bonchev–Trinajstić information content (AvgIpc) is 2.76. The van der Waals surface area contributed by atoms with Gasteiger partial charge in [0.25, 0.3) is 0 Å². The van der Waals surface area contributed by atoms with Crippen LogP contribution in [0.1, 0.15) is 12.8 Å². The number of rotatable bonds is 6. The van der Waals surface area contributed by atoms with Crippen LogP contribution < -0.4 is 14.8 Å². The molecule has 0 unspecified atom stereocenters. The first kappa shape index (κ1) is 22.5. The zero-order chi connectivity index (χ0) is 22.9. The van der Waals surface area contributed by atoms with Gasteiger partial charge in [0, 0.05) is 18.0 Å². The third kappa shape index (κ3) is 4.72. The first-order valence-corrected chi connectivity index (χ1v) is 12.1. The van der Waals surface area contributed by atoms with Crippen molar-refractivity contribution in [2.24, 2.45) is 0 Å². The van der Waals surface area contributed by atoms with E-state index in [2.05, 4.69) is 15.3 Å². The van der Waals surface area contributed by atoms with E-state index in [1.807, 2.05) is 0 Å². The van der Waals surface area contributed by atoms with E-state index in [1.165, 1.54) is 30.1 Å². The zero-order valence-corrected chi connectivity index (χ0v) is 19.1. The minimum absolute atomic E-state index is 0.00761. The summed E-state index contributed by atoms with van der Waals surface area (Å²) >= 11 is 5.88. The molecule has 11 heteroatoms. The summed E-state index contributed by atoms with van der Waals surface area (Å²) in [5.41, 5.74) is 0.738. The number of sulfonamides is 1. The molecule has 0 amide bonds. The fraction of sp³-hybridized carbons (Fsp3) is 0.333. The van der Waals surface area contributed by atoms with Crippen molar-refractivity contribution in [2.75, 3.05) is 31.8 Å². The SMILES string of the molecule is COc1cc2ncnc(Nc3cccc(Cl)c3F)c2cc1O[C@@H]1CCCN(S(C)(=O)=O)C1.